The second-order valence-electron chi connectivity index (χ2n) is 6.51. The molecular formula is C21H24N2O4. The van der Waals surface area contributed by atoms with Gasteiger partial charge in [-0.15, -0.1) is 0 Å². The minimum atomic E-state index is -0.342. The average molecular weight is 368 g/mol. The molecule has 2 aromatic rings. The van der Waals surface area contributed by atoms with Gasteiger partial charge in [0.15, 0.2) is 6.61 Å². The van der Waals surface area contributed by atoms with Crippen molar-refractivity contribution in [1.82, 2.24) is 4.90 Å². The van der Waals surface area contributed by atoms with Gasteiger partial charge >= 0.3 is 5.97 Å². The van der Waals surface area contributed by atoms with Gasteiger partial charge in [-0.3, -0.25) is 4.79 Å². The summed E-state index contributed by atoms with van der Waals surface area (Å²) in [6.45, 7) is 4.85. The molecule has 1 saturated heterocycles. The first-order chi connectivity index (χ1) is 13.1. The fraction of sp³-hybridized carbons (Fsp3) is 0.333. The Hall–Kier alpha value is -3.02. The molecule has 0 N–H and O–H groups in total. The van der Waals surface area contributed by atoms with Crippen LogP contribution in [-0.4, -0.2) is 56.7 Å². The lowest BCUT2D eigenvalue weighted by Crippen LogP contribution is -2.50. The Morgan fingerprint density at radius 3 is 2.15 bits per heavy atom. The number of esters is 1. The molecule has 0 spiro atoms. The number of piperazine rings is 1. The number of carbonyl (C=O) groups excluding carboxylic acids is 2. The Balaban J connectivity index is 1.48. The molecule has 6 heteroatoms. The summed E-state index contributed by atoms with van der Waals surface area (Å²) in [5.74, 6) is 0.361. The Bertz CT molecular complexity index is 779. The second-order valence-corrected chi connectivity index (χ2v) is 6.51. The lowest BCUT2D eigenvalue weighted by molar-refractivity contribution is -0.133. The molecule has 3 rings (SSSR count). The number of aryl methyl sites for hydroxylation is 1. The Kier molecular flexibility index (Phi) is 5.96. The van der Waals surface area contributed by atoms with Gasteiger partial charge in [0.1, 0.15) is 5.75 Å². The lowest BCUT2D eigenvalue weighted by Gasteiger charge is -2.36. The molecule has 0 atom stereocenters. The standard InChI is InChI=1S/C21H24N2O4/c1-16-3-9-19(10-4-16)27-15-20(24)23-13-11-22(12-14-23)18-7-5-17(6-8-18)21(25)26-2/h3-10H,11-15H2,1-2H3. The van der Waals surface area contributed by atoms with E-state index in [4.69, 9.17) is 9.47 Å². The van der Waals surface area contributed by atoms with Crippen molar-refractivity contribution in [3.8, 4) is 5.75 Å². The molecule has 1 fully saturated rings. The van der Waals surface area contributed by atoms with Gasteiger partial charge in [-0.1, -0.05) is 17.7 Å². The first kappa shape index (κ1) is 18.8. The number of nitrogens with zero attached hydrogens (tertiary/aromatic N) is 2. The SMILES string of the molecule is COC(=O)c1ccc(N2CCN(C(=O)COc3ccc(C)cc3)CC2)cc1. The summed E-state index contributed by atoms with van der Waals surface area (Å²) in [6.07, 6.45) is 0. The molecule has 142 valence electrons. The van der Waals surface area contributed by atoms with E-state index in [0.29, 0.717) is 24.4 Å². The first-order valence-electron chi connectivity index (χ1n) is 8.97. The highest BCUT2D eigenvalue weighted by atomic mass is 16.5. The molecule has 0 saturated carbocycles. The van der Waals surface area contributed by atoms with Crippen LogP contribution >= 0.6 is 0 Å². The first-order valence-corrected chi connectivity index (χ1v) is 8.97. The summed E-state index contributed by atoms with van der Waals surface area (Å²) in [5, 5.41) is 0. The maximum atomic E-state index is 12.4. The quantitative estimate of drug-likeness (QED) is 0.759. The van der Waals surface area contributed by atoms with E-state index < -0.39 is 0 Å². The fourth-order valence-electron chi connectivity index (χ4n) is 3.01. The molecule has 1 aliphatic heterocycles. The summed E-state index contributed by atoms with van der Waals surface area (Å²) < 4.78 is 10.3. The van der Waals surface area contributed by atoms with Crippen molar-refractivity contribution in [2.75, 3.05) is 44.8 Å². The molecule has 2 aromatic carbocycles. The van der Waals surface area contributed by atoms with Crippen LogP contribution in [0.4, 0.5) is 5.69 Å². The average Bonchev–Trinajstić information content (AvgIpc) is 2.73. The van der Waals surface area contributed by atoms with Crippen LogP contribution in [0.15, 0.2) is 48.5 Å². The Morgan fingerprint density at radius 1 is 0.926 bits per heavy atom. The van der Waals surface area contributed by atoms with Gasteiger partial charge in [0.05, 0.1) is 12.7 Å². The van der Waals surface area contributed by atoms with Crippen LogP contribution in [0.1, 0.15) is 15.9 Å². The van der Waals surface area contributed by atoms with Crippen molar-refractivity contribution >= 4 is 17.6 Å². The highest BCUT2D eigenvalue weighted by molar-refractivity contribution is 5.89. The van der Waals surface area contributed by atoms with Crippen LogP contribution in [0.25, 0.3) is 0 Å². The third-order valence-electron chi connectivity index (χ3n) is 4.67. The van der Waals surface area contributed by atoms with E-state index in [9.17, 15) is 9.59 Å². The highest BCUT2D eigenvalue weighted by Crippen LogP contribution is 2.18. The van der Waals surface area contributed by atoms with Gasteiger partial charge < -0.3 is 19.3 Å². The summed E-state index contributed by atoms with van der Waals surface area (Å²) >= 11 is 0. The van der Waals surface area contributed by atoms with E-state index >= 15 is 0 Å². The van der Waals surface area contributed by atoms with E-state index in [0.717, 1.165) is 24.3 Å². The number of carbonyl (C=O) groups is 2. The van der Waals surface area contributed by atoms with Gasteiger partial charge in [-0.2, -0.15) is 0 Å². The van der Waals surface area contributed by atoms with Gasteiger partial charge in [0.25, 0.3) is 5.91 Å². The fourth-order valence-corrected chi connectivity index (χ4v) is 3.01. The molecule has 1 aliphatic rings. The smallest absolute Gasteiger partial charge is 0.337 e. The molecular weight excluding hydrogens is 344 g/mol. The van der Waals surface area contributed by atoms with Crippen LogP contribution in [0.5, 0.6) is 5.75 Å². The van der Waals surface area contributed by atoms with Gasteiger partial charge in [-0.05, 0) is 43.3 Å². The van der Waals surface area contributed by atoms with Crippen molar-refractivity contribution in [3.05, 3.63) is 59.7 Å². The minimum absolute atomic E-state index is 0.00346. The van der Waals surface area contributed by atoms with Crippen molar-refractivity contribution < 1.29 is 19.1 Å². The van der Waals surface area contributed by atoms with Crippen LogP contribution < -0.4 is 9.64 Å². The van der Waals surface area contributed by atoms with E-state index in [-0.39, 0.29) is 18.5 Å². The molecule has 1 heterocycles. The zero-order valence-electron chi connectivity index (χ0n) is 15.7. The normalized spacial score (nSPS) is 14.0. The van der Waals surface area contributed by atoms with E-state index in [1.807, 2.05) is 48.2 Å². The summed E-state index contributed by atoms with van der Waals surface area (Å²) in [6, 6.07) is 15.0. The molecule has 0 bridgehead atoms. The van der Waals surface area contributed by atoms with E-state index in [1.165, 1.54) is 7.11 Å². The second kappa shape index (κ2) is 8.58. The molecule has 27 heavy (non-hydrogen) atoms. The summed E-state index contributed by atoms with van der Waals surface area (Å²) in [4.78, 5) is 27.9. The van der Waals surface area contributed by atoms with Gasteiger partial charge in [-0.25, -0.2) is 4.79 Å². The van der Waals surface area contributed by atoms with Crippen LogP contribution in [-0.2, 0) is 9.53 Å². The largest absolute Gasteiger partial charge is 0.484 e. The topological polar surface area (TPSA) is 59.1 Å². The monoisotopic (exact) mass is 368 g/mol. The van der Waals surface area contributed by atoms with Gasteiger partial charge in [0, 0.05) is 31.9 Å². The van der Waals surface area contributed by atoms with Crippen LogP contribution in [0.2, 0.25) is 0 Å². The molecule has 0 radical (unpaired) electrons. The number of ether oxygens (including phenoxy) is 2. The van der Waals surface area contributed by atoms with Crippen LogP contribution in [0.3, 0.4) is 0 Å². The third kappa shape index (κ3) is 4.78. The number of rotatable bonds is 5. The third-order valence-corrected chi connectivity index (χ3v) is 4.67. The number of hydrogen-bond acceptors (Lipinski definition) is 5. The number of benzene rings is 2. The van der Waals surface area contributed by atoms with Gasteiger partial charge in [0.2, 0.25) is 0 Å². The van der Waals surface area contributed by atoms with E-state index in [2.05, 4.69) is 4.90 Å². The molecule has 0 unspecified atom stereocenters. The Labute approximate surface area is 159 Å². The molecule has 1 amide bonds. The Morgan fingerprint density at radius 2 is 1.56 bits per heavy atom. The van der Waals surface area contributed by atoms with E-state index in [1.54, 1.807) is 12.1 Å². The summed E-state index contributed by atoms with van der Waals surface area (Å²) in [7, 11) is 1.37. The maximum absolute atomic E-state index is 12.4. The van der Waals surface area contributed by atoms with Crippen molar-refractivity contribution in [2.45, 2.75) is 6.92 Å². The minimum Gasteiger partial charge on any atom is -0.484 e. The summed E-state index contributed by atoms with van der Waals surface area (Å²) in [5.41, 5.74) is 2.72. The predicted molar refractivity (Wildman–Crippen MR) is 103 cm³/mol. The van der Waals surface area contributed by atoms with Crippen molar-refractivity contribution in [2.24, 2.45) is 0 Å². The zero-order valence-corrected chi connectivity index (χ0v) is 15.7. The highest BCUT2D eigenvalue weighted by Gasteiger charge is 2.21. The maximum Gasteiger partial charge on any atom is 0.337 e. The zero-order chi connectivity index (χ0) is 19.2. The number of amides is 1. The lowest BCUT2D eigenvalue weighted by atomic mass is 10.2. The molecule has 6 nitrogen and oxygen atoms in total. The predicted octanol–water partition coefficient (Wildman–Crippen LogP) is 2.51. The number of methoxy groups -OCH3 is 1. The number of hydrogen-bond donors (Lipinski definition) is 0. The van der Waals surface area contributed by atoms with Crippen LogP contribution in [0, 0.1) is 6.92 Å². The van der Waals surface area contributed by atoms with Crippen molar-refractivity contribution in [1.29, 1.82) is 0 Å². The number of anilines is 1. The van der Waals surface area contributed by atoms with Crippen molar-refractivity contribution in [3.63, 3.8) is 0 Å². The molecule has 0 aliphatic carbocycles. The molecule has 0 aromatic heterocycles.